The van der Waals surface area contributed by atoms with Crippen molar-refractivity contribution in [2.24, 2.45) is 5.41 Å². The first-order chi connectivity index (χ1) is 19.3. The van der Waals surface area contributed by atoms with Crippen LogP contribution in [0.2, 0.25) is 0 Å². The number of ether oxygens (including phenoxy) is 1. The standard InChI is InChI=1S/C31H36N4O5/c1-4-34(29(37)31(15-16-31)30(38)39)35-20-23(19-32-35)24-10-6-12-26-25(24)11-7-17-33(26)28(36)14-8-18-40-27-13-5-9-21(2)22(27)3/h5-6,9-10,12-13,19-20H,4,7-8,11,14-18H2,1-3H3,(H,38,39). The molecular weight excluding hydrogens is 508 g/mol. The maximum Gasteiger partial charge on any atom is 0.319 e. The molecule has 1 saturated carbocycles. The van der Waals surface area contributed by atoms with Gasteiger partial charge in [0.2, 0.25) is 5.91 Å². The van der Waals surface area contributed by atoms with Crippen LogP contribution in [0.5, 0.6) is 5.75 Å². The minimum atomic E-state index is -1.33. The molecule has 5 rings (SSSR count). The van der Waals surface area contributed by atoms with Crippen molar-refractivity contribution in [1.82, 2.24) is 9.89 Å². The summed E-state index contributed by atoms with van der Waals surface area (Å²) in [7, 11) is 0. The van der Waals surface area contributed by atoms with Crippen LogP contribution in [0.15, 0.2) is 48.8 Å². The highest BCUT2D eigenvalue weighted by atomic mass is 16.5. The highest BCUT2D eigenvalue weighted by molar-refractivity contribution is 6.09. The molecule has 0 bridgehead atoms. The van der Waals surface area contributed by atoms with E-state index in [-0.39, 0.29) is 5.91 Å². The minimum absolute atomic E-state index is 0.0736. The van der Waals surface area contributed by atoms with Crippen LogP contribution in [0.1, 0.15) is 55.7 Å². The number of nitrogens with zero attached hydrogens (tertiary/aromatic N) is 4. The quantitative estimate of drug-likeness (QED) is 0.294. The van der Waals surface area contributed by atoms with Gasteiger partial charge in [0, 0.05) is 30.8 Å². The van der Waals surface area contributed by atoms with Gasteiger partial charge < -0.3 is 14.7 Å². The molecule has 0 unspecified atom stereocenters. The number of rotatable bonds is 10. The van der Waals surface area contributed by atoms with Crippen molar-refractivity contribution in [2.45, 2.75) is 59.3 Å². The summed E-state index contributed by atoms with van der Waals surface area (Å²) >= 11 is 0. The predicted octanol–water partition coefficient (Wildman–Crippen LogP) is 4.65. The van der Waals surface area contributed by atoms with Crippen LogP contribution in [0.4, 0.5) is 5.69 Å². The van der Waals surface area contributed by atoms with Gasteiger partial charge in [-0.3, -0.25) is 14.4 Å². The number of aromatic nitrogens is 2. The molecule has 3 aromatic rings. The summed E-state index contributed by atoms with van der Waals surface area (Å²) in [4.78, 5) is 41.3. The molecule has 0 radical (unpaired) electrons. The van der Waals surface area contributed by atoms with E-state index >= 15 is 0 Å². The van der Waals surface area contributed by atoms with Crippen molar-refractivity contribution in [2.75, 3.05) is 29.6 Å². The Morgan fingerprint density at radius 1 is 1.12 bits per heavy atom. The molecule has 0 spiro atoms. The van der Waals surface area contributed by atoms with E-state index in [4.69, 9.17) is 4.74 Å². The maximum atomic E-state index is 13.3. The molecule has 2 aliphatic rings. The van der Waals surface area contributed by atoms with Crippen molar-refractivity contribution in [3.8, 4) is 16.9 Å². The number of hydrogen-bond acceptors (Lipinski definition) is 5. The van der Waals surface area contributed by atoms with Crippen molar-refractivity contribution < 1.29 is 24.2 Å². The van der Waals surface area contributed by atoms with Crippen molar-refractivity contribution in [3.05, 3.63) is 65.5 Å². The molecule has 210 valence electrons. The van der Waals surface area contributed by atoms with Crippen LogP contribution in [0, 0.1) is 19.3 Å². The summed E-state index contributed by atoms with van der Waals surface area (Å²) in [5.74, 6) is -0.586. The number of fused-ring (bicyclic) bond motifs is 1. The Morgan fingerprint density at radius 3 is 2.62 bits per heavy atom. The minimum Gasteiger partial charge on any atom is -0.493 e. The van der Waals surface area contributed by atoms with E-state index in [1.54, 1.807) is 19.3 Å². The molecular formula is C31H36N4O5. The number of carboxylic acid groups (broad SMARTS) is 1. The first-order valence-electron chi connectivity index (χ1n) is 14.0. The van der Waals surface area contributed by atoms with Crippen LogP contribution in [-0.2, 0) is 20.8 Å². The van der Waals surface area contributed by atoms with Gasteiger partial charge in [-0.1, -0.05) is 24.3 Å². The Labute approximate surface area is 234 Å². The lowest BCUT2D eigenvalue weighted by atomic mass is 9.93. The Kier molecular flexibility index (Phi) is 7.65. The normalized spacial score (nSPS) is 15.3. The fourth-order valence-electron chi connectivity index (χ4n) is 5.43. The van der Waals surface area contributed by atoms with Crippen LogP contribution in [-0.4, -0.2) is 52.5 Å². The fourth-order valence-corrected chi connectivity index (χ4v) is 5.43. The number of carbonyl (C=O) groups is 3. The van der Waals surface area contributed by atoms with Gasteiger partial charge in [0.1, 0.15) is 11.2 Å². The molecule has 9 nitrogen and oxygen atoms in total. The first kappa shape index (κ1) is 27.4. The van der Waals surface area contributed by atoms with Crippen molar-refractivity contribution in [1.29, 1.82) is 0 Å². The number of aryl methyl sites for hydroxylation is 1. The Balaban J connectivity index is 1.29. The molecule has 40 heavy (non-hydrogen) atoms. The van der Waals surface area contributed by atoms with Gasteiger partial charge >= 0.3 is 5.97 Å². The molecule has 1 fully saturated rings. The van der Waals surface area contributed by atoms with E-state index in [0.29, 0.717) is 45.4 Å². The van der Waals surface area contributed by atoms with E-state index < -0.39 is 17.3 Å². The highest BCUT2D eigenvalue weighted by Crippen LogP contribution is 2.47. The average molecular weight is 545 g/mol. The number of benzene rings is 2. The fraction of sp³-hybridized carbons (Fsp3) is 0.419. The van der Waals surface area contributed by atoms with E-state index in [2.05, 4.69) is 18.1 Å². The number of carboxylic acids is 1. The monoisotopic (exact) mass is 544 g/mol. The molecule has 1 aromatic heterocycles. The topological polar surface area (TPSA) is 105 Å². The van der Waals surface area contributed by atoms with Gasteiger partial charge in [-0.25, -0.2) is 5.01 Å². The van der Waals surface area contributed by atoms with Gasteiger partial charge in [0.15, 0.2) is 0 Å². The SMILES string of the molecule is CCN(C(=O)C1(C(=O)O)CC1)n1cc(-c2cccc3c2CCCN3C(=O)CCCOc2cccc(C)c2C)cn1. The molecule has 1 aliphatic heterocycles. The summed E-state index contributed by atoms with van der Waals surface area (Å²) in [6, 6.07) is 11.9. The zero-order valence-electron chi connectivity index (χ0n) is 23.4. The van der Waals surface area contributed by atoms with Crippen molar-refractivity contribution in [3.63, 3.8) is 0 Å². The van der Waals surface area contributed by atoms with Crippen LogP contribution >= 0.6 is 0 Å². The highest BCUT2D eigenvalue weighted by Gasteiger charge is 2.59. The lowest BCUT2D eigenvalue weighted by molar-refractivity contribution is -0.148. The van der Waals surface area contributed by atoms with E-state index in [1.165, 1.54) is 15.4 Å². The summed E-state index contributed by atoms with van der Waals surface area (Å²) < 4.78 is 5.95. The smallest absolute Gasteiger partial charge is 0.319 e. The number of amides is 2. The second kappa shape index (κ2) is 11.2. The number of hydrogen-bond donors (Lipinski definition) is 1. The lowest BCUT2D eigenvalue weighted by Gasteiger charge is -2.31. The summed E-state index contributed by atoms with van der Waals surface area (Å²) in [5, 5.41) is 15.4. The van der Waals surface area contributed by atoms with Crippen LogP contribution < -0.4 is 14.6 Å². The lowest BCUT2D eigenvalue weighted by Crippen LogP contribution is -2.47. The third-order valence-corrected chi connectivity index (χ3v) is 8.13. The molecule has 1 aliphatic carbocycles. The molecule has 2 amide bonds. The van der Waals surface area contributed by atoms with E-state index in [0.717, 1.165) is 46.5 Å². The molecule has 0 atom stereocenters. The van der Waals surface area contributed by atoms with Crippen LogP contribution in [0.25, 0.3) is 11.1 Å². The first-order valence-corrected chi connectivity index (χ1v) is 14.0. The largest absolute Gasteiger partial charge is 0.493 e. The Bertz CT molecular complexity index is 1440. The van der Waals surface area contributed by atoms with Crippen molar-refractivity contribution >= 4 is 23.5 Å². The molecule has 2 aromatic carbocycles. The summed E-state index contributed by atoms with van der Waals surface area (Å²) in [5.41, 5.74) is 4.73. The number of carbonyl (C=O) groups excluding carboxylic acids is 2. The van der Waals surface area contributed by atoms with Crippen LogP contribution in [0.3, 0.4) is 0 Å². The van der Waals surface area contributed by atoms with Gasteiger partial charge in [-0.05, 0) is 87.3 Å². The number of anilines is 1. The molecule has 2 heterocycles. The zero-order valence-corrected chi connectivity index (χ0v) is 23.4. The number of aliphatic carboxylic acids is 1. The molecule has 1 N–H and O–H groups in total. The molecule has 9 heteroatoms. The van der Waals surface area contributed by atoms with Gasteiger partial charge in [-0.15, -0.1) is 0 Å². The van der Waals surface area contributed by atoms with Gasteiger partial charge in [-0.2, -0.15) is 9.89 Å². The molecule has 0 saturated heterocycles. The second-order valence-corrected chi connectivity index (χ2v) is 10.7. The summed E-state index contributed by atoms with van der Waals surface area (Å²) in [6.45, 7) is 7.35. The van der Waals surface area contributed by atoms with Gasteiger partial charge in [0.25, 0.3) is 5.91 Å². The predicted molar refractivity (Wildman–Crippen MR) is 152 cm³/mol. The average Bonchev–Trinajstić information content (AvgIpc) is 3.65. The van der Waals surface area contributed by atoms with E-state index in [1.807, 2.05) is 42.2 Å². The maximum absolute atomic E-state index is 13.3. The zero-order chi connectivity index (χ0) is 28.4. The Morgan fingerprint density at radius 2 is 1.90 bits per heavy atom. The van der Waals surface area contributed by atoms with E-state index in [9.17, 15) is 19.5 Å². The summed E-state index contributed by atoms with van der Waals surface area (Å²) in [6.07, 6.45) is 6.85. The third-order valence-electron chi connectivity index (χ3n) is 8.13. The Hall–Kier alpha value is -4.14. The third kappa shape index (κ3) is 5.08. The second-order valence-electron chi connectivity index (χ2n) is 10.7. The van der Waals surface area contributed by atoms with Gasteiger partial charge in [0.05, 0.1) is 19.0 Å².